The normalized spacial score (nSPS) is 21.6. The van der Waals surface area contributed by atoms with Crippen molar-refractivity contribution < 1.29 is 4.79 Å². The monoisotopic (exact) mass is 293 g/mol. The third-order valence-corrected chi connectivity index (χ3v) is 5.28. The Hall–Kier alpha value is -0.940. The molecule has 0 bridgehead atoms. The maximum Gasteiger partial charge on any atom is 0.232 e. The average molecular weight is 293 g/mol. The summed E-state index contributed by atoms with van der Waals surface area (Å²) >= 11 is 1.57. The number of aromatic nitrogens is 1. The van der Waals surface area contributed by atoms with Crippen molar-refractivity contribution in [2.75, 3.05) is 18.4 Å². The van der Waals surface area contributed by atoms with Crippen LogP contribution in [0.15, 0.2) is 5.38 Å². The summed E-state index contributed by atoms with van der Waals surface area (Å²) in [5.74, 6) is 0.831. The maximum absolute atomic E-state index is 12.7. The van der Waals surface area contributed by atoms with Crippen LogP contribution in [-0.2, 0) is 4.79 Å². The van der Waals surface area contributed by atoms with Crippen LogP contribution in [0.25, 0.3) is 0 Å². The van der Waals surface area contributed by atoms with E-state index in [4.69, 9.17) is 0 Å². The SMILES string of the molecule is CCCC1(C(=O)Nc2nc(C3CC3)cs2)CCNCC1. The molecule has 2 fully saturated rings. The van der Waals surface area contributed by atoms with E-state index in [2.05, 4.69) is 27.9 Å². The van der Waals surface area contributed by atoms with Gasteiger partial charge in [0.15, 0.2) is 5.13 Å². The summed E-state index contributed by atoms with van der Waals surface area (Å²) < 4.78 is 0. The fraction of sp³-hybridized carbons (Fsp3) is 0.733. The Labute approximate surface area is 124 Å². The molecule has 0 spiro atoms. The standard InChI is InChI=1S/C15H23N3OS/c1-2-5-15(6-8-16-9-7-15)13(19)18-14-17-12(10-20-14)11-3-4-11/h10-11,16H,2-9H2,1H3,(H,17,18,19). The average Bonchev–Trinajstić information content (AvgIpc) is 3.21. The topological polar surface area (TPSA) is 54.0 Å². The lowest BCUT2D eigenvalue weighted by Crippen LogP contribution is -2.44. The highest BCUT2D eigenvalue weighted by molar-refractivity contribution is 7.13. The molecular formula is C15H23N3OS. The molecule has 20 heavy (non-hydrogen) atoms. The second kappa shape index (κ2) is 5.82. The molecule has 0 aromatic carbocycles. The van der Waals surface area contributed by atoms with Crippen molar-refractivity contribution in [3.05, 3.63) is 11.1 Å². The number of hydrogen-bond donors (Lipinski definition) is 2. The summed E-state index contributed by atoms with van der Waals surface area (Å²) in [6.07, 6.45) is 6.41. The maximum atomic E-state index is 12.7. The van der Waals surface area contributed by atoms with Crippen LogP contribution in [-0.4, -0.2) is 24.0 Å². The van der Waals surface area contributed by atoms with Gasteiger partial charge in [0.1, 0.15) is 0 Å². The summed E-state index contributed by atoms with van der Waals surface area (Å²) in [6.45, 7) is 4.04. The smallest absolute Gasteiger partial charge is 0.232 e. The third-order valence-electron chi connectivity index (χ3n) is 4.51. The van der Waals surface area contributed by atoms with Crippen molar-refractivity contribution in [2.24, 2.45) is 5.41 Å². The van der Waals surface area contributed by atoms with Gasteiger partial charge in [0.2, 0.25) is 5.91 Å². The van der Waals surface area contributed by atoms with Crippen LogP contribution in [0.5, 0.6) is 0 Å². The summed E-state index contributed by atoms with van der Waals surface area (Å²) in [4.78, 5) is 17.3. The van der Waals surface area contributed by atoms with Gasteiger partial charge in [-0.1, -0.05) is 13.3 Å². The Kier molecular flexibility index (Phi) is 4.08. The van der Waals surface area contributed by atoms with Crippen molar-refractivity contribution >= 4 is 22.4 Å². The first kappa shape index (κ1) is 14.0. The van der Waals surface area contributed by atoms with Crippen molar-refractivity contribution in [3.63, 3.8) is 0 Å². The van der Waals surface area contributed by atoms with E-state index in [1.54, 1.807) is 11.3 Å². The minimum atomic E-state index is -0.189. The first-order chi connectivity index (χ1) is 9.73. The van der Waals surface area contributed by atoms with Crippen LogP contribution in [0.4, 0.5) is 5.13 Å². The van der Waals surface area contributed by atoms with Gasteiger partial charge in [0, 0.05) is 11.3 Å². The summed E-state index contributed by atoms with van der Waals surface area (Å²) in [7, 11) is 0. The highest BCUT2D eigenvalue weighted by atomic mass is 32.1. The van der Waals surface area contributed by atoms with Crippen LogP contribution < -0.4 is 10.6 Å². The predicted molar refractivity (Wildman–Crippen MR) is 82.2 cm³/mol. The first-order valence-corrected chi connectivity index (χ1v) is 8.59. The number of rotatable bonds is 5. The number of piperidine rings is 1. The van der Waals surface area contributed by atoms with E-state index < -0.39 is 0 Å². The molecule has 110 valence electrons. The zero-order valence-electron chi connectivity index (χ0n) is 12.1. The third kappa shape index (κ3) is 2.88. The first-order valence-electron chi connectivity index (χ1n) is 7.71. The molecule has 1 aliphatic carbocycles. The lowest BCUT2D eigenvalue weighted by molar-refractivity contribution is -0.127. The summed E-state index contributed by atoms with van der Waals surface area (Å²) in [6, 6.07) is 0. The van der Waals surface area contributed by atoms with Crippen LogP contribution in [0, 0.1) is 5.41 Å². The van der Waals surface area contributed by atoms with Gasteiger partial charge in [-0.3, -0.25) is 4.79 Å². The molecule has 0 unspecified atom stereocenters. The minimum absolute atomic E-state index is 0.178. The molecule has 0 radical (unpaired) electrons. The van der Waals surface area contributed by atoms with E-state index in [1.165, 1.54) is 18.5 Å². The van der Waals surface area contributed by atoms with E-state index in [1.807, 2.05) is 0 Å². The molecular weight excluding hydrogens is 270 g/mol. The summed E-state index contributed by atoms with van der Waals surface area (Å²) in [5.41, 5.74) is 0.978. The van der Waals surface area contributed by atoms with Crippen LogP contribution in [0.2, 0.25) is 0 Å². The number of nitrogens with zero attached hydrogens (tertiary/aromatic N) is 1. The Morgan fingerprint density at radius 2 is 2.25 bits per heavy atom. The number of carbonyl (C=O) groups is 1. The molecule has 3 rings (SSSR count). The number of amides is 1. The van der Waals surface area contributed by atoms with Gasteiger partial charge in [-0.25, -0.2) is 4.98 Å². The number of carbonyl (C=O) groups excluding carboxylic acids is 1. The Balaban J connectivity index is 1.68. The molecule has 5 heteroatoms. The van der Waals surface area contributed by atoms with Gasteiger partial charge in [0.25, 0.3) is 0 Å². The molecule has 1 aromatic rings. The van der Waals surface area contributed by atoms with E-state index in [-0.39, 0.29) is 11.3 Å². The Morgan fingerprint density at radius 1 is 1.50 bits per heavy atom. The fourth-order valence-corrected chi connectivity index (χ4v) is 3.90. The molecule has 1 saturated heterocycles. The van der Waals surface area contributed by atoms with E-state index >= 15 is 0 Å². The van der Waals surface area contributed by atoms with Crippen LogP contribution in [0.1, 0.15) is 57.1 Å². The van der Waals surface area contributed by atoms with Crippen molar-refractivity contribution in [1.82, 2.24) is 10.3 Å². The number of anilines is 1. The van der Waals surface area contributed by atoms with E-state index in [0.29, 0.717) is 5.92 Å². The molecule has 1 aliphatic heterocycles. The van der Waals surface area contributed by atoms with Gasteiger partial charge in [-0.05, 0) is 45.2 Å². The van der Waals surface area contributed by atoms with E-state index in [9.17, 15) is 4.79 Å². The number of thiazole rings is 1. The Bertz CT molecular complexity index is 470. The van der Waals surface area contributed by atoms with Crippen molar-refractivity contribution in [2.45, 2.75) is 51.4 Å². The highest BCUT2D eigenvalue weighted by Gasteiger charge is 2.39. The molecule has 1 amide bonds. The minimum Gasteiger partial charge on any atom is -0.317 e. The Morgan fingerprint density at radius 3 is 2.90 bits per heavy atom. The highest BCUT2D eigenvalue weighted by Crippen LogP contribution is 2.41. The molecule has 4 nitrogen and oxygen atoms in total. The predicted octanol–water partition coefficient (Wildman–Crippen LogP) is 3.13. The zero-order valence-corrected chi connectivity index (χ0v) is 12.9. The lowest BCUT2D eigenvalue weighted by atomic mass is 9.74. The fourth-order valence-electron chi connectivity index (χ4n) is 3.11. The van der Waals surface area contributed by atoms with Crippen LogP contribution in [0.3, 0.4) is 0 Å². The molecule has 2 N–H and O–H groups in total. The number of hydrogen-bond acceptors (Lipinski definition) is 4. The molecule has 1 aromatic heterocycles. The van der Waals surface area contributed by atoms with Gasteiger partial charge >= 0.3 is 0 Å². The van der Waals surface area contributed by atoms with Gasteiger partial charge < -0.3 is 10.6 Å². The summed E-state index contributed by atoms with van der Waals surface area (Å²) in [5, 5.41) is 9.31. The van der Waals surface area contributed by atoms with Gasteiger partial charge in [-0.15, -0.1) is 11.3 Å². The van der Waals surface area contributed by atoms with Gasteiger partial charge in [0.05, 0.1) is 11.1 Å². The lowest BCUT2D eigenvalue weighted by Gasteiger charge is -2.35. The zero-order chi connectivity index (χ0) is 14.0. The van der Waals surface area contributed by atoms with Crippen LogP contribution >= 0.6 is 11.3 Å². The molecule has 2 heterocycles. The molecule has 1 saturated carbocycles. The quantitative estimate of drug-likeness (QED) is 0.877. The van der Waals surface area contributed by atoms with Gasteiger partial charge in [-0.2, -0.15) is 0 Å². The molecule has 0 atom stereocenters. The molecule has 2 aliphatic rings. The van der Waals surface area contributed by atoms with Crippen molar-refractivity contribution in [1.29, 1.82) is 0 Å². The number of nitrogens with one attached hydrogen (secondary N) is 2. The second-order valence-electron chi connectivity index (χ2n) is 6.09. The second-order valence-corrected chi connectivity index (χ2v) is 6.94. The largest absolute Gasteiger partial charge is 0.317 e. The van der Waals surface area contributed by atoms with Crippen molar-refractivity contribution in [3.8, 4) is 0 Å². The van der Waals surface area contributed by atoms with E-state index in [0.717, 1.165) is 43.9 Å².